The second-order valence-corrected chi connectivity index (χ2v) is 7.26. The van der Waals surface area contributed by atoms with E-state index >= 15 is 0 Å². The minimum Gasteiger partial charge on any atom is -0.481 e. The van der Waals surface area contributed by atoms with Crippen LogP contribution in [-0.4, -0.2) is 37.7 Å². The van der Waals surface area contributed by atoms with Crippen molar-refractivity contribution in [3.8, 4) is 0 Å². The average molecular weight is 306 g/mol. The molecule has 0 aromatic carbocycles. The lowest BCUT2D eigenvalue weighted by Gasteiger charge is -2.26. The first-order valence-electron chi connectivity index (χ1n) is 6.71. The van der Waals surface area contributed by atoms with Crippen molar-refractivity contribution in [2.75, 3.05) is 12.3 Å². The number of carboxylic acids is 1. The van der Waals surface area contributed by atoms with Gasteiger partial charge in [-0.3, -0.25) is 9.59 Å². The fraction of sp³-hybridized carbons (Fsp3) is 0.833. The van der Waals surface area contributed by atoms with Crippen LogP contribution in [0.5, 0.6) is 0 Å². The standard InChI is InChI=1S/C12H22N2O5S/c13-20(18,19)7-3-6-14-10(15)8-12(9-11(16)17)4-1-2-5-12/h1-9H2,(H,14,15)(H,16,17)(H2,13,18,19). The number of amides is 1. The van der Waals surface area contributed by atoms with E-state index in [1.54, 1.807) is 0 Å². The maximum absolute atomic E-state index is 11.8. The number of hydrogen-bond donors (Lipinski definition) is 3. The summed E-state index contributed by atoms with van der Waals surface area (Å²) in [7, 11) is -3.50. The number of rotatable bonds is 8. The molecule has 1 aliphatic rings. The van der Waals surface area contributed by atoms with Crippen LogP contribution in [0.2, 0.25) is 0 Å². The van der Waals surface area contributed by atoms with Gasteiger partial charge in [-0.15, -0.1) is 0 Å². The first-order valence-corrected chi connectivity index (χ1v) is 8.43. The van der Waals surface area contributed by atoms with Crippen molar-refractivity contribution in [2.24, 2.45) is 10.6 Å². The molecular formula is C12H22N2O5S. The van der Waals surface area contributed by atoms with E-state index in [0.29, 0.717) is 0 Å². The molecule has 0 aliphatic heterocycles. The fourth-order valence-electron chi connectivity index (χ4n) is 2.77. The molecule has 4 N–H and O–H groups in total. The Morgan fingerprint density at radius 3 is 2.30 bits per heavy atom. The molecule has 7 nitrogen and oxygen atoms in total. The minimum absolute atomic E-state index is 0.0115. The van der Waals surface area contributed by atoms with Gasteiger partial charge in [0.2, 0.25) is 15.9 Å². The molecule has 8 heteroatoms. The third kappa shape index (κ3) is 6.33. The Labute approximate surface area is 119 Å². The van der Waals surface area contributed by atoms with E-state index in [9.17, 15) is 18.0 Å². The number of carbonyl (C=O) groups excluding carboxylic acids is 1. The number of nitrogens with two attached hydrogens (primary N) is 1. The lowest BCUT2D eigenvalue weighted by Crippen LogP contribution is -2.33. The van der Waals surface area contributed by atoms with Crippen molar-refractivity contribution in [1.82, 2.24) is 5.32 Å². The van der Waals surface area contributed by atoms with E-state index in [-0.39, 0.29) is 37.5 Å². The molecule has 0 unspecified atom stereocenters. The molecule has 1 aliphatic carbocycles. The van der Waals surface area contributed by atoms with E-state index in [1.165, 1.54) is 0 Å². The summed E-state index contributed by atoms with van der Waals surface area (Å²) in [4.78, 5) is 22.7. The zero-order valence-corrected chi connectivity index (χ0v) is 12.2. The van der Waals surface area contributed by atoms with Crippen LogP contribution in [0, 0.1) is 5.41 Å². The van der Waals surface area contributed by atoms with E-state index in [1.807, 2.05) is 0 Å². The van der Waals surface area contributed by atoms with Gasteiger partial charge < -0.3 is 10.4 Å². The van der Waals surface area contributed by atoms with Gasteiger partial charge in [0, 0.05) is 13.0 Å². The van der Waals surface area contributed by atoms with E-state index in [4.69, 9.17) is 10.2 Å². The van der Waals surface area contributed by atoms with Crippen molar-refractivity contribution < 1.29 is 23.1 Å². The quantitative estimate of drug-likeness (QED) is 0.552. The molecule has 0 heterocycles. The Hall–Kier alpha value is -1.15. The molecule has 0 saturated heterocycles. The van der Waals surface area contributed by atoms with Gasteiger partial charge in [0.05, 0.1) is 12.2 Å². The van der Waals surface area contributed by atoms with Crippen LogP contribution in [-0.2, 0) is 19.6 Å². The number of sulfonamides is 1. The van der Waals surface area contributed by atoms with Crippen molar-refractivity contribution >= 4 is 21.9 Å². The summed E-state index contributed by atoms with van der Waals surface area (Å²) in [6.45, 7) is 0.235. The average Bonchev–Trinajstić information content (AvgIpc) is 2.70. The summed E-state index contributed by atoms with van der Waals surface area (Å²) in [6.07, 6.45) is 3.87. The third-order valence-corrected chi connectivity index (χ3v) is 4.51. The molecule has 0 atom stereocenters. The van der Waals surface area contributed by atoms with Gasteiger partial charge in [-0.05, 0) is 24.7 Å². The molecule has 0 bridgehead atoms. The van der Waals surface area contributed by atoms with Crippen molar-refractivity contribution in [3.05, 3.63) is 0 Å². The van der Waals surface area contributed by atoms with Crippen molar-refractivity contribution in [3.63, 3.8) is 0 Å². The smallest absolute Gasteiger partial charge is 0.303 e. The van der Waals surface area contributed by atoms with E-state index in [0.717, 1.165) is 25.7 Å². The fourth-order valence-corrected chi connectivity index (χ4v) is 3.31. The predicted molar refractivity (Wildman–Crippen MR) is 73.4 cm³/mol. The molecular weight excluding hydrogens is 284 g/mol. The maximum atomic E-state index is 11.8. The normalized spacial score (nSPS) is 17.9. The molecule has 1 fully saturated rings. The molecule has 0 aromatic heterocycles. The molecule has 0 spiro atoms. The molecule has 20 heavy (non-hydrogen) atoms. The summed E-state index contributed by atoms with van der Waals surface area (Å²) in [5, 5.41) is 16.4. The van der Waals surface area contributed by atoms with Gasteiger partial charge in [0.1, 0.15) is 0 Å². The largest absolute Gasteiger partial charge is 0.481 e. The molecule has 0 radical (unpaired) electrons. The minimum atomic E-state index is -3.50. The van der Waals surface area contributed by atoms with E-state index < -0.39 is 21.4 Å². The number of aliphatic carboxylic acids is 1. The second-order valence-electron chi connectivity index (χ2n) is 5.52. The summed E-state index contributed by atoms with van der Waals surface area (Å²) < 4.78 is 21.5. The Kier molecular flexibility index (Phi) is 5.94. The highest BCUT2D eigenvalue weighted by Gasteiger charge is 2.37. The van der Waals surface area contributed by atoms with Crippen LogP contribution in [0.15, 0.2) is 0 Å². The second kappa shape index (κ2) is 7.03. The molecule has 1 saturated carbocycles. The van der Waals surface area contributed by atoms with Crippen LogP contribution < -0.4 is 10.5 Å². The first-order chi connectivity index (χ1) is 9.22. The Morgan fingerprint density at radius 1 is 1.20 bits per heavy atom. The monoisotopic (exact) mass is 306 g/mol. The van der Waals surface area contributed by atoms with E-state index in [2.05, 4.69) is 5.32 Å². The highest BCUT2D eigenvalue weighted by atomic mass is 32.2. The van der Waals surface area contributed by atoms with Crippen LogP contribution >= 0.6 is 0 Å². The Balaban J connectivity index is 2.37. The highest BCUT2D eigenvalue weighted by molar-refractivity contribution is 7.89. The number of hydrogen-bond acceptors (Lipinski definition) is 4. The number of carbonyl (C=O) groups is 2. The third-order valence-electron chi connectivity index (χ3n) is 3.65. The van der Waals surface area contributed by atoms with Crippen LogP contribution in [0.1, 0.15) is 44.9 Å². The van der Waals surface area contributed by atoms with Gasteiger partial charge in [0.15, 0.2) is 0 Å². The summed E-state index contributed by atoms with van der Waals surface area (Å²) >= 11 is 0. The molecule has 1 rings (SSSR count). The van der Waals surface area contributed by atoms with Gasteiger partial charge in [-0.1, -0.05) is 12.8 Å². The summed E-state index contributed by atoms with van der Waals surface area (Å²) in [6, 6.07) is 0. The van der Waals surface area contributed by atoms with Crippen LogP contribution in [0.25, 0.3) is 0 Å². The number of carboxylic acid groups (broad SMARTS) is 1. The van der Waals surface area contributed by atoms with Gasteiger partial charge in [-0.2, -0.15) is 0 Å². The van der Waals surface area contributed by atoms with Crippen LogP contribution in [0.3, 0.4) is 0 Å². The zero-order valence-electron chi connectivity index (χ0n) is 11.4. The Morgan fingerprint density at radius 2 is 1.80 bits per heavy atom. The SMILES string of the molecule is NS(=O)(=O)CCCNC(=O)CC1(CC(=O)O)CCCC1. The lowest BCUT2D eigenvalue weighted by molar-refractivity contribution is -0.140. The first kappa shape index (κ1) is 16.9. The van der Waals surface area contributed by atoms with Gasteiger partial charge in [0.25, 0.3) is 0 Å². The molecule has 1 amide bonds. The highest BCUT2D eigenvalue weighted by Crippen LogP contribution is 2.43. The van der Waals surface area contributed by atoms with Gasteiger partial charge in [-0.25, -0.2) is 13.6 Å². The number of primary sulfonamides is 1. The van der Waals surface area contributed by atoms with Gasteiger partial charge >= 0.3 is 5.97 Å². The number of nitrogens with one attached hydrogen (secondary N) is 1. The Bertz CT molecular complexity index is 454. The predicted octanol–water partition coefficient (Wildman–Crippen LogP) is 0.206. The molecule has 116 valence electrons. The molecule has 0 aromatic rings. The lowest BCUT2D eigenvalue weighted by atomic mass is 9.79. The van der Waals surface area contributed by atoms with Crippen molar-refractivity contribution in [2.45, 2.75) is 44.9 Å². The summed E-state index contributed by atoms with van der Waals surface area (Å²) in [5.41, 5.74) is -0.435. The van der Waals surface area contributed by atoms with Crippen molar-refractivity contribution in [1.29, 1.82) is 0 Å². The van der Waals surface area contributed by atoms with Crippen LogP contribution in [0.4, 0.5) is 0 Å². The maximum Gasteiger partial charge on any atom is 0.303 e. The summed E-state index contributed by atoms with van der Waals surface area (Å²) in [5.74, 6) is -1.27. The topological polar surface area (TPSA) is 127 Å². The zero-order chi connectivity index (χ0) is 15.2.